The zero-order valence-electron chi connectivity index (χ0n) is 19.4. The van der Waals surface area contributed by atoms with E-state index in [0.29, 0.717) is 0 Å². The van der Waals surface area contributed by atoms with Crippen LogP contribution in [0.5, 0.6) is 0 Å². The third kappa shape index (κ3) is 16.4. The molecule has 0 spiro atoms. The van der Waals surface area contributed by atoms with Crippen molar-refractivity contribution in [2.45, 2.75) is 92.9 Å². The van der Waals surface area contributed by atoms with Gasteiger partial charge >= 0.3 is 5.97 Å². The number of methoxy groups -OCH3 is 1. The number of carbonyl (C=O) groups is 1. The Bertz CT molecular complexity index is 608. The molecular weight excluding hydrogens is 344 g/mol. The highest BCUT2D eigenvalue weighted by molar-refractivity contribution is 5.82. The molecule has 0 aliphatic carbocycles. The van der Waals surface area contributed by atoms with Crippen LogP contribution in [0.15, 0.2) is 58.2 Å². The number of hydrogen-bond donors (Lipinski definition) is 0. The Morgan fingerprint density at radius 3 is 1.32 bits per heavy atom. The summed E-state index contributed by atoms with van der Waals surface area (Å²) in [6, 6.07) is 0. The van der Waals surface area contributed by atoms with E-state index in [1.54, 1.807) is 6.08 Å². The maximum absolute atomic E-state index is 11.2. The molecule has 0 heterocycles. The van der Waals surface area contributed by atoms with Gasteiger partial charge < -0.3 is 4.74 Å². The molecule has 2 heteroatoms. The minimum absolute atomic E-state index is 0.267. The molecule has 0 saturated carbocycles. The zero-order valence-corrected chi connectivity index (χ0v) is 19.4. The summed E-state index contributed by atoms with van der Waals surface area (Å²) in [7, 11) is 1.41. The first-order valence-corrected chi connectivity index (χ1v) is 10.6. The van der Waals surface area contributed by atoms with Gasteiger partial charge in [-0.2, -0.15) is 0 Å². The lowest BCUT2D eigenvalue weighted by atomic mass is 10.0. The van der Waals surface area contributed by atoms with Gasteiger partial charge in [0.1, 0.15) is 0 Å². The summed E-state index contributed by atoms with van der Waals surface area (Å²) in [5, 5.41) is 0. The Balaban J connectivity index is 4.11. The molecule has 0 fully saturated rings. The van der Waals surface area contributed by atoms with Crippen molar-refractivity contribution in [2.75, 3.05) is 7.11 Å². The summed E-state index contributed by atoms with van der Waals surface area (Å²) in [6.07, 6.45) is 19.7. The monoisotopic (exact) mass is 386 g/mol. The smallest absolute Gasteiger partial charge is 0.330 e. The number of carbonyl (C=O) groups excluding carboxylic acids is 1. The minimum atomic E-state index is -0.267. The van der Waals surface area contributed by atoms with Gasteiger partial charge in [0.25, 0.3) is 0 Å². The van der Waals surface area contributed by atoms with Crippen LogP contribution in [-0.4, -0.2) is 13.1 Å². The summed E-state index contributed by atoms with van der Waals surface area (Å²) in [4.78, 5) is 11.2. The third-order valence-electron chi connectivity index (χ3n) is 4.75. The van der Waals surface area contributed by atoms with Gasteiger partial charge in [0.05, 0.1) is 7.11 Å². The minimum Gasteiger partial charge on any atom is -0.466 e. The molecule has 0 aliphatic heterocycles. The van der Waals surface area contributed by atoms with Crippen LogP contribution in [0.3, 0.4) is 0 Å². The van der Waals surface area contributed by atoms with Crippen molar-refractivity contribution in [2.24, 2.45) is 0 Å². The molecule has 0 atom stereocenters. The molecular formula is C26H42O2. The lowest BCUT2D eigenvalue weighted by Crippen LogP contribution is -1.95. The number of esters is 1. The molecule has 0 N–H and O–H groups in total. The van der Waals surface area contributed by atoms with Gasteiger partial charge in [-0.1, -0.05) is 52.2 Å². The van der Waals surface area contributed by atoms with Crippen LogP contribution in [0.25, 0.3) is 0 Å². The first-order chi connectivity index (χ1) is 13.2. The SMILES string of the molecule is COC(=O)/C=C(\C)CC/C=C(/C)CC/C=C(\C)CC/C=C(\C)CCC=C(C)C. The van der Waals surface area contributed by atoms with Crippen molar-refractivity contribution < 1.29 is 9.53 Å². The maximum Gasteiger partial charge on any atom is 0.330 e. The molecule has 0 saturated heterocycles. The fraction of sp³-hybridized carbons (Fsp3) is 0.577. The number of allylic oxidation sites excluding steroid dienone is 9. The molecule has 2 nitrogen and oxygen atoms in total. The van der Waals surface area contributed by atoms with Crippen LogP contribution in [0.1, 0.15) is 92.9 Å². The average Bonchev–Trinajstić information content (AvgIpc) is 2.61. The van der Waals surface area contributed by atoms with E-state index < -0.39 is 0 Å². The van der Waals surface area contributed by atoms with Gasteiger partial charge in [0, 0.05) is 6.08 Å². The fourth-order valence-electron chi connectivity index (χ4n) is 2.87. The molecule has 0 rings (SSSR count). The van der Waals surface area contributed by atoms with Crippen LogP contribution < -0.4 is 0 Å². The highest BCUT2D eigenvalue weighted by Crippen LogP contribution is 2.14. The van der Waals surface area contributed by atoms with Gasteiger partial charge in [-0.3, -0.25) is 0 Å². The normalized spacial score (nSPS) is 13.5. The third-order valence-corrected chi connectivity index (χ3v) is 4.75. The largest absolute Gasteiger partial charge is 0.466 e. The summed E-state index contributed by atoms with van der Waals surface area (Å²) < 4.78 is 4.65. The van der Waals surface area contributed by atoms with Gasteiger partial charge in [0.2, 0.25) is 0 Å². The zero-order chi connectivity index (χ0) is 21.4. The van der Waals surface area contributed by atoms with Crippen LogP contribution in [-0.2, 0) is 9.53 Å². The van der Waals surface area contributed by atoms with Crippen molar-refractivity contribution in [1.29, 1.82) is 0 Å². The van der Waals surface area contributed by atoms with E-state index in [0.717, 1.165) is 50.5 Å². The number of hydrogen-bond acceptors (Lipinski definition) is 2. The van der Waals surface area contributed by atoms with Crippen molar-refractivity contribution in [1.82, 2.24) is 0 Å². The Hall–Kier alpha value is -1.83. The van der Waals surface area contributed by atoms with E-state index in [-0.39, 0.29) is 5.97 Å². The maximum atomic E-state index is 11.2. The van der Waals surface area contributed by atoms with Crippen molar-refractivity contribution in [3.63, 3.8) is 0 Å². The van der Waals surface area contributed by atoms with E-state index in [1.165, 1.54) is 35.8 Å². The predicted octanol–water partition coefficient (Wildman–Crippen LogP) is 8.03. The van der Waals surface area contributed by atoms with Gasteiger partial charge in [-0.25, -0.2) is 4.79 Å². The molecule has 0 aromatic rings. The van der Waals surface area contributed by atoms with Crippen LogP contribution in [0.2, 0.25) is 0 Å². The summed E-state index contributed by atoms with van der Waals surface area (Å²) in [6.45, 7) is 13.0. The molecule has 0 aliphatic rings. The fourth-order valence-corrected chi connectivity index (χ4v) is 2.87. The highest BCUT2D eigenvalue weighted by Gasteiger charge is 1.97. The first kappa shape index (κ1) is 26.2. The van der Waals surface area contributed by atoms with Crippen LogP contribution in [0.4, 0.5) is 0 Å². The Labute approximate surface area is 174 Å². The standard InChI is InChI=1S/C26H42O2/c1-21(2)12-8-13-22(3)14-9-15-23(4)16-10-17-24(5)18-11-19-25(6)20-26(27)28-7/h12,14,16,18,20H,8-11,13,15,17,19H2,1-7H3/b22-14+,23-16+,24-18-,25-20+. The average molecular weight is 387 g/mol. The van der Waals surface area contributed by atoms with E-state index >= 15 is 0 Å². The predicted molar refractivity (Wildman–Crippen MR) is 123 cm³/mol. The second-order valence-electron chi connectivity index (χ2n) is 8.10. The molecule has 28 heavy (non-hydrogen) atoms. The first-order valence-electron chi connectivity index (χ1n) is 10.6. The van der Waals surface area contributed by atoms with Gasteiger partial charge in [-0.15, -0.1) is 0 Å². The molecule has 0 aromatic carbocycles. The molecule has 158 valence electrons. The van der Waals surface area contributed by atoms with Gasteiger partial charge in [-0.05, 0) is 92.9 Å². The van der Waals surface area contributed by atoms with E-state index in [4.69, 9.17) is 0 Å². The van der Waals surface area contributed by atoms with E-state index in [1.807, 2.05) is 6.92 Å². The Morgan fingerprint density at radius 1 is 0.607 bits per heavy atom. The molecule has 0 radical (unpaired) electrons. The lowest BCUT2D eigenvalue weighted by Gasteiger charge is -2.03. The second kappa shape index (κ2) is 16.2. The van der Waals surface area contributed by atoms with Crippen molar-refractivity contribution >= 4 is 5.97 Å². The Morgan fingerprint density at radius 2 is 0.964 bits per heavy atom. The summed E-state index contributed by atoms with van der Waals surface area (Å²) >= 11 is 0. The molecule has 0 unspecified atom stereocenters. The lowest BCUT2D eigenvalue weighted by molar-refractivity contribution is -0.134. The summed E-state index contributed by atoms with van der Waals surface area (Å²) in [5.41, 5.74) is 6.88. The number of rotatable bonds is 13. The van der Waals surface area contributed by atoms with Gasteiger partial charge in [0.15, 0.2) is 0 Å². The molecule has 0 aromatic heterocycles. The summed E-state index contributed by atoms with van der Waals surface area (Å²) in [5.74, 6) is -0.267. The molecule has 0 amide bonds. The van der Waals surface area contributed by atoms with Crippen LogP contribution >= 0.6 is 0 Å². The quantitative estimate of drug-likeness (QED) is 0.182. The Kier molecular flexibility index (Phi) is 15.1. The van der Waals surface area contributed by atoms with Crippen molar-refractivity contribution in [3.05, 3.63) is 58.2 Å². The second-order valence-corrected chi connectivity index (χ2v) is 8.10. The molecule has 0 bridgehead atoms. The van der Waals surface area contributed by atoms with E-state index in [9.17, 15) is 4.79 Å². The number of ether oxygens (including phenoxy) is 1. The van der Waals surface area contributed by atoms with Crippen LogP contribution in [0, 0.1) is 0 Å². The highest BCUT2D eigenvalue weighted by atomic mass is 16.5. The van der Waals surface area contributed by atoms with Crippen molar-refractivity contribution in [3.8, 4) is 0 Å². The van der Waals surface area contributed by atoms with E-state index in [2.05, 4.69) is 63.7 Å². The topological polar surface area (TPSA) is 26.3 Å².